The lowest BCUT2D eigenvalue weighted by Gasteiger charge is -2.12. The summed E-state index contributed by atoms with van der Waals surface area (Å²) in [5.41, 5.74) is 2.75. The van der Waals surface area contributed by atoms with Crippen molar-refractivity contribution in [1.29, 1.82) is 0 Å². The summed E-state index contributed by atoms with van der Waals surface area (Å²) in [6.45, 7) is 5.59. The molecular formula is C20H20N2O4. The van der Waals surface area contributed by atoms with Gasteiger partial charge in [-0.3, -0.25) is 0 Å². The minimum atomic E-state index is -0.464. The fourth-order valence-corrected chi connectivity index (χ4v) is 2.46. The average molecular weight is 352 g/mol. The van der Waals surface area contributed by atoms with E-state index in [9.17, 15) is 4.79 Å². The molecule has 6 nitrogen and oxygen atoms in total. The molecule has 6 heteroatoms. The van der Waals surface area contributed by atoms with Gasteiger partial charge in [0.2, 0.25) is 5.88 Å². The second-order valence-electron chi connectivity index (χ2n) is 6.03. The van der Waals surface area contributed by atoms with Crippen LogP contribution in [0.25, 0.3) is 11.3 Å². The molecule has 0 saturated heterocycles. The van der Waals surface area contributed by atoms with Crippen LogP contribution in [-0.2, 0) is 11.3 Å². The molecule has 3 aromatic rings. The molecule has 0 amide bonds. The highest BCUT2D eigenvalue weighted by atomic mass is 16.5. The first kappa shape index (κ1) is 17.7. The Morgan fingerprint density at radius 3 is 2.65 bits per heavy atom. The third-order valence-electron chi connectivity index (χ3n) is 3.72. The molecule has 26 heavy (non-hydrogen) atoms. The summed E-state index contributed by atoms with van der Waals surface area (Å²) >= 11 is 0. The molecule has 0 N–H and O–H groups in total. The number of aromatic nitrogens is 2. The lowest BCUT2D eigenvalue weighted by Crippen LogP contribution is -2.13. The number of aryl methyl sites for hydroxylation is 1. The van der Waals surface area contributed by atoms with Gasteiger partial charge in [0.1, 0.15) is 23.6 Å². The lowest BCUT2D eigenvalue weighted by atomic mass is 10.1. The monoisotopic (exact) mass is 352 g/mol. The summed E-state index contributed by atoms with van der Waals surface area (Å²) in [7, 11) is 0. The van der Waals surface area contributed by atoms with Crippen LogP contribution in [0.15, 0.2) is 53.2 Å². The third kappa shape index (κ3) is 3.91. The maximum absolute atomic E-state index is 12.2. The zero-order valence-corrected chi connectivity index (χ0v) is 14.9. The molecule has 0 unspecified atom stereocenters. The van der Waals surface area contributed by atoms with Crippen LogP contribution in [0.1, 0.15) is 35.5 Å². The van der Waals surface area contributed by atoms with Crippen LogP contribution in [0.4, 0.5) is 0 Å². The minimum Gasteiger partial charge on any atom is -0.472 e. The zero-order valence-electron chi connectivity index (χ0n) is 14.9. The van der Waals surface area contributed by atoms with Crippen LogP contribution in [-0.4, -0.2) is 22.2 Å². The molecule has 0 saturated carbocycles. The van der Waals surface area contributed by atoms with E-state index >= 15 is 0 Å². The van der Waals surface area contributed by atoms with Crippen LogP contribution < -0.4 is 4.74 Å². The SMILES string of the molecule is Cc1onc(-c2ccccc2)c1COc1ncccc1C(=O)OC(C)C. The molecule has 0 bridgehead atoms. The van der Waals surface area contributed by atoms with Crippen molar-refractivity contribution in [2.75, 3.05) is 0 Å². The normalized spacial score (nSPS) is 10.8. The Morgan fingerprint density at radius 1 is 1.15 bits per heavy atom. The van der Waals surface area contributed by atoms with E-state index in [0.717, 1.165) is 11.1 Å². The van der Waals surface area contributed by atoms with Crippen molar-refractivity contribution in [3.05, 3.63) is 65.5 Å². The summed E-state index contributed by atoms with van der Waals surface area (Å²) in [6.07, 6.45) is 1.35. The molecule has 0 aliphatic carbocycles. The summed E-state index contributed by atoms with van der Waals surface area (Å²) in [4.78, 5) is 16.4. The van der Waals surface area contributed by atoms with E-state index in [2.05, 4.69) is 10.1 Å². The highest BCUT2D eigenvalue weighted by molar-refractivity contribution is 5.91. The Morgan fingerprint density at radius 2 is 1.92 bits per heavy atom. The molecule has 0 spiro atoms. The predicted octanol–water partition coefficient (Wildman–Crippen LogP) is 4.19. The number of hydrogen-bond acceptors (Lipinski definition) is 6. The van der Waals surface area contributed by atoms with Gasteiger partial charge in [0.15, 0.2) is 0 Å². The minimum absolute atomic E-state index is 0.179. The van der Waals surface area contributed by atoms with E-state index in [1.54, 1.807) is 32.2 Å². The van der Waals surface area contributed by atoms with E-state index in [1.807, 2.05) is 37.3 Å². The van der Waals surface area contributed by atoms with Crippen molar-refractivity contribution in [3.8, 4) is 17.1 Å². The topological polar surface area (TPSA) is 74.5 Å². The fraction of sp³-hybridized carbons (Fsp3) is 0.250. The van der Waals surface area contributed by atoms with Gasteiger partial charge in [0, 0.05) is 11.8 Å². The molecule has 0 radical (unpaired) electrons. The van der Waals surface area contributed by atoms with Crippen LogP contribution in [0.2, 0.25) is 0 Å². The average Bonchev–Trinajstić information content (AvgIpc) is 3.01. The number of nitrogens with zero attached hydrogens (tertiary/aromatic N) is 2. The van der Waals surface area contributed by atoms with Gasteiger partial charge in [-0.2, -0.15) is 0 Å². The first-order chi connectivity index (χ1) is 12.6. The van der Waals surface area contributed by atoms with Gasteiger partial charge in [-0.25, -0.2) is 9.78 Å². The largest absolute Gasteiger partial charge is 0.472 e. The van der Waals surface area contributed by atoms with Crippen molar-refractivity contribution < 1.29 is 18.8 Å². The molecule has 2 heterocycles. The molecule has 1 aromatic carbocycles. The van der Waals surface area contributed by atoms with Crippen LogP contribution in [0.5, 0.6) is 5.88 Å². The standard InChI is InChI=1S/C20H20N2O4/c1-13(2)25-20(23)16-10-7-11-21-19(16)24-12-17-14(3)26-22-18(17)15-8-5-4-6-9-15/h4-11,13H,12H2,1-3H3. The molecule has 3 rings (SSSR count). The smallest absolute Gasteiger partial charge is 0.343 e. The molecule has 0 aliphatic rings. The quantitative estimate of drug-likeness (QED) is 0.619. The van der Waals surface area contributed by atoms with Gasteiger partial charge in [0.05, 0.1) is 11.7 Å². The van der Waals surface area contributed by atoms with Crippen molar-refractivity contribution in [3.63, 3.8) is 0 Å². The van der Waals surface area contributed by atoms with E-state index in [1.165, 1.54) is 0 Å². The van der Waals surface area contributed by atoms with Crippen LogP contribution in [0, 0.1) is 6.92 Å². The van der Waals surface area contributed by atoms with Crippen molar-refractivity contribution >= 4 is 5.97 Å². The van der Waals surface area contributed by atoms with Gasteiger partial charge >= 0.3 is 5.97 Å². The number of carbonyl (C=O) groups is 1. The van der Waals surface area contributed by atoms with Crippen LogP contribution in [0.3, 0.4) is 0 Å². The molecule has 0 fully saturated rings. The Hall–Kier alpha value is -3.15. The maximum Gasteiger partial charge on any atom is 0.343 e. The fourth-order valence-electron chi connectivity index (χ4n) is 2.46. The number of carbonyl (C=O) groups excluding carboxylic acids is 1. The Labute approximate surface area is 151 Å². The molecule has 0 atom stereocenters. The summed E-state index contributed by atoms with van der Waals surface area (Å²) < 4.78 is 16.4. The predicted molar refractivity (Wildman–Crippen MR) is 95.8 cm³/mol. The summed E-state index contributed by atoms with van der Waals surface area (Å²) in [6, 6.07) is 13.0. The van der Waals surface area contributed by atoms with E-state index < -0.39 is 5.97 Å². The highest BCUT2D eigenvalue weighted by Gasteiger charge is 2.19. The molecule has 134 valence electrons. The first-order valence-corrected chi connectivity index (χ1v) is 8.35. The number of hydrogen-bond donors (Lipinski definition) is 0. The van der Waals surface area contributed by atoms with Crippen molar-refractivity contribution in [2.24, 2.45) is 0 Å². The number of benzene rings is 1. The third-order valence-corrected chi connectivity index (χ3v) is 3.72. The Bertz CT molecular complexity index is 888. The van der Waals surface area contributed by atoms with Gasteiger partial charge < -0.3 is 14.0 Å². The number of pyridine rings is 1. The van der Waals surface area contributed by atoms with Gasteiger partial charge in [-0.1, -0.05) is 35.5 Å². The van der Waals surface area contributed by atoms with Gasteiger partial charge in [-0.15, -0.1) is 0 Å². The summed E-state index contributed by atoms with van der Waals surface area (Å²) in [5.74, 6) is 0.414. The van der Waals surface area contributed by atoms with Crippen molar-refractivity contribution in [1.82, 2.24) is 10.1 Å². The number of rotatable bonds is 6. The molecule has 2 aromatic heterocycles. The van der Waals surface area contributed by atoms with E-state index in [-0.39, 0.29) is 24.2 Å². The molecular weight excluding hydrogens is 332 g/mol. The maximum atomic E-state index is 12.2. The number of esters is 1. The van der Waals surface area contributed by atoms with E-state index in [4.69, 9.17) is 14.0 Å². The highest BCUT2D eigenvalue weighted by Crippen LogP contribution is 2.27. The Balaban J connectivity index is 1.83. The second-order valence-corrected chi connectivity index (χ2v) is 6.03. The first-order valence-electron chi connectivity index (χ1n) is 8.35. The van der Waals surface area contributed by atoms with Crippen LogP contribution >= 0.6 is 0 Å². The molecule has 0 aliphatic heterocycles. The van der Waals surface area contributed by atoms with Gasteiger partial charge in [-0.05, 0) is 32.9 Å². The van der Waals surface area contributed by atoms with Crippen molar-refractivity contribution in [2.45, 2.75) is 33.5 Å². The van der Waals surface area contributed by atoms with E-state index in [0.29, 0.717) is 11.5 Å². The zero-order chi connectivity index (χ0) is 18.5. The summed E-state index contributed by atoms with van der Waals surface area (Å²) in [5, 5.41) is 4.13. The Kier molecular flexibility index (Phi) is 5.31. The lowest BCUT2D eigenvalue weighted by molar-refractivity contribution is 0.0372. The second kappa shape index (κ2) is 7.82. The number of ether oxygens (including phenoxy) is 2. The van der Waals surface area contributed by atoms with Gasteiger partial charge in [0.25, 0.3) is 0 Å².